The highest BCUT2D eigenvalue weighted by atomic mass is 16.3. The summed E-state index contributed by atoms with van der Waals surface area (Å²) in [6.45, 7) is 1.39. The van der Waals surface area contributed by atoms with Crippen LogP contribution in [0.15, 0.2) is 29.5 Å². The molecular formula is C11H8O4. The third kappa shape index (κ3) is 1.22. The van der Waals surface area contributed by atoms with Crippen LogP contribution in [-0.2, 0) is 0 Å². The number of phenols is 1. The number of aromatic hydroxyl groups is 1. The Morgan fingerprint density at radius 1 is 1.00 bits per heavy atom. The summed E-state index contributed by atoms with van der Waals surface area (Å²) in [6, 6.07) is 3.89. The monoisotopic (exact) mass is 204 g/mol. The maximum Gasteiger partial charge on any atom is 0.228 e. The van der Waals surface area contributed by atoms with Crippen LogP contribution in [0, 0.1) is 0 Å². The van der Waals surface area contributed by atoms with Crippen molar-refractivity contribution in [1.82, 2.24) is 0 Å². The zero-order valence-corrected chi connectivity index (χ0v) is 7.94. The van der Waals surface area contributed by atoms with E-state index in [9.17, 15) is 19.8 Å². The van der Waals surface area contributed by atoms with E-state index in [0.717, 1.165) is 0 Å². The molecule has 0 spiro atoms. The number of benzene rings is 1. The van der Waals surface area contributed by atoms with Gasteiger partial charge in [-0.2, -0.15) is 0 Å². The van der Waals surface area contributed by atoms with E-state index < -0.39 is 11.5 Å². The van der Waals surface area contributed by atoms with Crippen molar-refractivity contribution in [2.45, 2.75) is 6.92 Å². The van der Waals surface area contributed by atoms with Crippen LogP contribution in [0.3, 0.4) is 0 Å². The summed E-state index contributed by atoms with van der Waals surface area (Å²) in [5, 5.41) is 18.6. The first kappa shape index (κ1) is 9.45. The van der Waals surface area contributed by atoms with E-state index >= 15 is 0 Å². The number of allylic oxidation sites excluding steroid dienone is 2. The maximum atomic E-state index is 11.6. The molecule has 0 amide bonds. The zero-order chi connectivity index (χ0) is 11.2. The van der Waals surface area contributed by atoms with Gasteiger partial charge in [0, 0.05) is 16.7 Å². The lowest BCUT2D eigenvalue weighted by atomic mass is 9.89. The molecule has 0 aliphatic heterocycles. The fraction of sp³-hybridized carbons (Fsp3) is 0.0909. The minimum atomic E-state index is -0.627. The van der Waals surface area contributed by atoms with Crippen LogP contribution in [0.5, 0.6) is 5.75 Å². The molecule has 2 rings (SSSR count). The van der Waals surface area contributed by atoms with Crippen molar-refractivity contribution in [3.63, 3.8) is 0 Å². The van der Waals surface area contributed by atoms with Gasteiger partial charge in [0.15, 0.2) is 11.5 Å². The zero-order valence-electron chi connectivity index (χ0n) is 7.94. The van der Waals surface area contributed by atoms with E-state index in [-0.39, 0.29) is 28.2 Å². The van der Waals surface area contributed by atoms with Gasteiger partial charge in [0.1, 0.15) is 5.75 Å². The van der Waals surface area contributed by atoms with Crippen LogP contribution in [0.25, 0.3) is 0 Å². The standard InChI is InChI=1S/C11H8O4/c1-5-9(13)7-3-2-6(12)4-8(7)11(15)10(5)14/h2-4,12,14H,1H3. The lowest BCUT2D eigenvalue weighted by Crippen LogP contribution is -2.20. The number of carbonyl (C=O) groups excluding carboxylic acids is 2. The van der Waals surface area contributed by atoms with Gasteiger partial charge in [0.25, 0.3) is 0 Å². The predicted octanol–water partition coefficient (Wildman–Crippen LogP) is 1.60. The van der Waals surface area contributed by atoms with Gasteiger partial charge in [-0.15, -0.1) is 0 Å². The quantitative estimate of drug-likeness (QED) is 0.673. The summed E-state index contributed by atoms with van der Waals surface area (Å²) in [7, 11) is 0. The average Bonchev–Trinajstić information content (AvgIpc) is 2.23. The molecule has 76 valence electrons. The molecule has 1 aliphatic carbocycles. The van der Waals surface area contributed by atoms with Crippen molar-refractivity contribution in [3.05, 3.63) is 40.7 Å². The second-order valence-corrected chi connectivity index (χ2v) is 3.36. The molecule has 0 heterocycles. The second kappa shape index (κ2) is 2.95. The third-order valence-corrected chi connectivity index (χ3v) is 2.40. The molecule has 2 N–H and O–H groups in total. The van der Waals surface area contributed by atoms with Crippen molar-refractivity contribution in [2.75, 3.05) is 0 Å². The van der Waals surface area contributed by atoms with Crippen LogP contribution in [-0.4, -0.2) is 21.8 Å². The average molecular weight is 204 g/mol. The highest BCUT2D eigenvalue weighted by Crippen LogP contribution is 2.27. The van der Waals surface area contributed by atoms with E-state index in [4.69, 9.17) is 0 Å². The van der Waals surface area contributed by atoms with E-state index in [2.05, 4.69) is 0 Å². The van der Waals surface area contributed by atoms with E-state index in [0.29, 0.717) is 0 Å². The Kier molecular flexibility index (Phi) is 1.86. The second-order valence-electron chi connectivity index (χ2n) is 3.36. The SMILES string of the molecule is CC1=C(O)C(=O)c2cc(O)ccc2C1=O. The number of rotatable bonds is 0. The predicted molar refractivity (Wildman–Crippen MR) is 52.1 cm³/mol. The van der Waals surface area contributed by atoms with Gasteiger partial charge in [-0.05, 0) is 25.1 Å². The number of aliphatic hydroxyl groups excluding tert-OH is 1. The molecule has 0 saturated carbocycles. The summed E-state index contributed by atoms with van der Waals surface area (Å²) < 4.78 is 0. The third-order valence-electron chi connectivity index (χ3n) is 2.40. The van der Waals surface area contributed by atoms with Crippen LogP contribution in [0.2, 0.25) is 0 Å². The molecule has 4 nitrogen and oxygen atoms in total. The lowest BCUT2D eigenvalue weighted by Gasteiger charge is -2.14. The molecule has 0 saturated heterocycles. The Bertz CT molecular complexity index is 511. The Morgan fingerprint density at radius 2 is 1.67 bits per heavy atom. The minimum absolute atomic E-state index is 0.0400. The summed E-state index contributed by atoms with van der Waals surface area (Å²) in [5.41, 5.74) is 0.300. The minimum Gasteiger partial charge on any atom is -0.508 e. The molecule has 0 fully saturated rings. The van der Waals surface area contributed by atoms with Gasteiger partial charge in [0.05, 0.1) is 0 Å². The first-order valence-corrected chi connectivity index (χ1v) is 4.34. The summed E-state index contributed by atoms with van der Waals surface area (Å²) in [6.07, 6.45) is 0. The van der Waals surface area contributed by atoms with E-state index in [1.807, 2.05) is 0 Å². The number of ketones is 2. The number of hydrogen-bond acceptors (Lipinski definition) is 4. The van der Waals surface area contributed by atoms with Crippen molar-refractivity contribution in [3.8, 4) is 5.75 Å². The number of hydrogen-bond donors (Lipinski definition) is 2. The molecule has 4 heteroatoms. The highest BCUT2D eigenvalue weighted by molar-refractivity contribution is 6.25. The van der Waals surface area contributed by atoms with Crippen molar-refractivity contribution >= 4 is 11.6 Å². The smallest absolute Gasteiger partial charge is 0.228 e. The molecule has 0 unspecified atom stereocenters. The van der Waals surface area contributed by atoms with Crippen molar-refractivity contribution < 1.29 is 19.8 Å². The molecule has 0 atom stereocenters. The van der Waals surface area contributed by atoms with Crippen LogP contribution >= 0.6 is 0 Å². The Morgan fingerprint density at radius 3 is 2.33 bits per heavy atom. The lowest BCUT2D eigenvalue weighted by molar-refractivity contribution is 0.0929. The van der Waals surface area contributed by atoms with Gasteiger partial charge in [-0.25, -0.2) is 0 Å². The van der Waals surface area contributed by atoms with Crippen molar-refractivity contribution in [2.24, 2.45) is 0 Å². The number of fused-ring (bicyclic) bond motifs is 1. The number of carbonyl (C=O) groups is 2. The summed E-state index contributed by atoms with van der Waals surface area (Å²) in [4.78, 5) is 23.2. The normalized spacial score (nSPS) is 15.5. The Labute approximate surface area is 85.5 Å². The number of Topliss-reactive ketones (excluding diaryl/α,β-unsaturated/α-hetero) is 2. The van der Waals surface area contributed by atoms with Crippen LogP contribution < -0.4 is 0 Å². The maximum absolute atomic E-state index is 11.6. The Hall–Kier alpha value is -2.10. The molecule has 0 bridgehead atoms. The fourth-order valence-corrected chi connectivity index (χ4v) is 1.53. The largest absolute Gasteiger partial charge is 0.508 e. The van der Waals surface area contributed by atoms with Crippen LogP contribution in [0.4, 0.5) is 0 Å². The van der Waals surface area contributed by atoms with Gasteiger partial charge in [0.2, 0.25) is 5.78 Å². The molecule has 1 aromatic rings. The molecule has 0 radical (unpaired) electrons. The molecule has 15 heavy (non-hydrogen) atoms. The first-order chi connectivity index (χ1) is 7.02. The topological polar surface area (TPSA) is 74.6 Å². The van der Waals surface area contributed by atoms with Gasteiger partial charge in [-0.3, -0.25) is 9.59 Å². The summed E-state index contributed by atoms with van der Waals surface area (Å²) >= 11 is 0. The van der Waals surface area contributed by atoms with E-state index in [1.165, 1.54) is 25.1 Å². The van der Waals surface area contributed by atoms with E-state index in [1.54, 1.807) is 0 Å². The fourth-order valence-electron chi connectivity index (χ4n) is 1.53. The highest BCUT2D eigenvalue weighted by Gasteiger charge is 2.29. The summed E-state index contributed by atoms with van der Waals surface area (Å²) in [5.74, 6) is -1.67. The number of phenolic OH excluding ortho intramolecular Hbond substituents is 1. The Balaban J connectivity index is 2.73. The van der Waals surface area contributed by atoms with Gasteiger partial charge < -0.3 is 10.2 Å². The number of aliphatic hydroxyl groups is 1. The van der Waals surface area contributed by atoms with Gasteiger partial charge >= 0.3 is 0 Å². The molecule has 1 aliphatic rings. The van der Waals surface area contributed by atoms with Crippen molar-refractivity contribution in [1.29, 1.82) is 0 Å². The molecular weight excluding hydrogens is 196 g/mol. The molecule has 0 aromatic heterocycles. The van der Waals surface area contributed by atoms with Crippen LogP contribution in [0.1, 0.15) is 27.6 Å². The molecule has 1 aromatic carbocycles. The van der Waals surface area contributed by atoms with Gasteiger partial charge in [-0.1, -0.05) is 0 Å². The first-order valence-electron chi connectivity index (χ1n) is 4.34.